The molecule has 0 N–H and O–H groups in total. The van der Waals surface area contributed by atoms with Crippen molar-refractivity contribution in [2.24, 2.45) is 0 Å². The molecule has 1 heteroatoms. The molecule has 0 aliphatic carbocycles. The first-order valence-corrected chi connectivity index (χ1v) is 17.7. The average Bonchev–Trinajstić information content (AvgIpc) is 3.33. The van der Waals surface area contributed by atoms with Gasteiger partial charge in [-0.15, -0.1) is 0 Å². The number of hydrogen-bond acceptors (Lipinski definition) is 1. The highest BCUT2D eigenvalue weighted by Gasteiger charge is 1.81. The summed E-state index contributed by atoms with van der Waals surface area (Å²) in [5.41, 5.74) is 0. The van der Waals surface area contributed by atoms with Crippen molar-refractivity contribution in [1.82, 2.24) is 4.90 Å². The Morgan fingerprint density at radius 3 is 0.288 bits per heavy atom. The molecule has 0 saturated heterocycles. The minimum Gasteiger partial charge on any atom is -0.307 e. The first kappa shape index (κ1) is 55.3. The summed E-state index contributed by atoms with van der Waals surface area (Å²) >= 11 is 0. The molecule has 66 heavy (non-hydrogen) atoms. The van der Waals surface area contributed by atoms with Gasteiger partial charge in [-0.3, -0.25) is 0 Å². The Balaban J connectivity index is 0. The second-order valence-electron chi connectivity index (χ2n) is 8.99. The molecule has 0 aliphatic rings. The van der Waals surface area contributed by atoms with Crippen molar-refractivity contribution in [3.8, 4) is 343 Å². The van der Waals surface area contributed by atoms with Crippen molar-refractivity contribution < 1.29 is 0 Å². The lowest BCUT2D eigenvalue weighted by atomic mass is 10.4. The van der Waals surface area contributed by atoms with Crippen LogP contribution in [-0.2, 0) is 0 Å². The van der Waals surface area contributed by atoms with Crippen LogP contribution in [0.2, 0.25) is 0 Å². The number of nitrogens with zero attached hydrogens (tertiary/aromatic N) is 1. The number of rotatable bonds is 2. The Labute approximate surface area is 394 Å². The molecule has 0 saturated carbocycles. The summed E-state index contributed by atoms with van der Waals surface area (Å²) in [7, 11) is 2.11. The van der Waals surface area contributed by atoms with Crippen LogP contribution in [0.25, 0.3) is 0 Å². The first-order chi connectivity index (χ1) is 32.7. The molecule has 284 valence electrons. The zero-order valence-corrected chi connectivity index (χ0v) is 35.9. The maximum atomic E-state index is 2.63. The van der Waals surface area contributed by atoms with Crippen LogP contribution < -0.4 is 0 Å². The van der Waals surface area contributed by atoms with Crippen LogP contribution in [0.3, 0.4) is 0 Å². The molecular weight excluding hydrogens is 795 g/mol. The lowest BCUT2D eigenvalue weighted by Crippen LogP contribution is -2.15. The SMILES string of the molecule is CC#CC#CC#CC#CC#CC#CC#CC#CC#CC#CC#CC#CC#CC#CC#CC#CC#CC#CC#CC#CC#CC#CC#CC#CC#CC#CC#CC#CC#CC.CCN(C)CC. The van der Waals surface area contributed by atoms with Crippen LogP contribution in [0.1, 0.15) is 27.7 Å². The first-order valence-electron chi connectivity index (χ1n) is 17.7. The fraction of sp³-hybridized carbons (Fsp3) is 0.108. The predicted octanol–water partition coefficient (Wildman–Crippen LogP) is 2.08. The molecule has 0 heterocycles. The second-order valence-corrected chi connectivity index (χ2v) is 8.99. The summed E-state index contributed by atoms with van der Waals surface area (Å²) in [6.07, 6.45) is 0. The standard InChI is InChI=1S/C60H6.C5H13N/c1-3-5-7-9-11-13-15-17-19-21-23-25-27-29-31-33-35-37-39-41-43-45-47-49-51-53-55-57-59-60-58-56-54-52-50-48-46-44-42-40-38-36-34-32-30-28-26-24-22-20-18-16-14-12-10-8-6-4-2;1-4-6(3)5-2/h1-2H3;4-5H2,1-3H3. The Morgan fingerprint density at radius 2 is 0.242 bits per heavy atom. The molecule has 0 bridgehead atoms. The van der Waals surface area contributed by atoms with Crippen LogP contribution in [0.15, 0.2) is 0 Å². The Bertz CT molecular complexity index is 3620. The van der Waals surface area contributed by atoms with Crippen LogP contribution in [0.5, 0.6) is 0 Å². The van der Waals surface area contributed by atoms with Crippen molar-refractivity contribution in [3.05, 3.63) is 0 Å². The summed E-state index contributed by atoms with van der Waals surface area (Å²) < 4.78 is 0. The van der Waals surface area contributed by atoms with Crippen LogP contribution in [-0.4, -0.2) is 25.0 Å². The molecule has 0 aliphatic heterocycles. The van der Waals surface area contributed by atoms with Gasteiger partial charge in [-0.25, -0.2) is 0 Å². The van der Waals surface area contributed by atoms with E-state index in [4.69, 9.17) is 0 Å². The molecule has 0 aromatic heterocycles. The van der Waals surface area contributed by atoms with E-state index in [1.54, 1.807) is 13.8 Å². The fourth-order valence-corrected chi connectivity index (χ4v) is 2.04. The fourth-order valence-electron chi connectivity index (χ4n) is 2.04. The minimum atomic E-state index is 1.16. The predicted molar refractivity (Wildman–Crippen MR) is 266 cm³/mol. The van der Waals surface area contributed by atoms with Crippen LogP contribution >= 0.6 is 0 Å². The lowest BCUT2D eigenvalue weighted by Gasteiger charge is -2.07. The van der Waals surface area contributed by atoms with Crippen molar-refractivity contribution in [2.45, 2.75) is 27.7 Å². The third kappa shape index (κ3) is 55.5. The van der Waals surface area contributed by atoms with E-state index in [2.05, 4.69) is 369 Å². The molecule has 0 aromatic rings. The molecule has 1 nitrogen and oxygen atoms in total. The Morgan fingerprint density at radius 1 is 0.167 bits per heavy atom. The molecule has 0 unspecified atom stereocenters. The summed E-state index contributed by atoms with van der Waals surface area (Å²) in [6.45, 7) is 10.0. The maximum absolute atomic E-state index is 2.63. The molecule has 0 aromatic carbocycles. The van der Waals surface area contributed by atoms with E-state index in [9.17, 15) is 0 Å². The molecule has 0 spiro atoms. The van der Waals surface area contributed by atoms with Gasteiger partial charge in [-0.2, -0.15) is 0 Å². The van der Waals surface area contributed by atoms with Crippen LogP contribution in [0.4, 0.5) is 0 Å². The van der Waals surface area contributed by atoms with Gasteiger partial charge in [0, 0.05) is 237 Å². The van der Waals surface area contributed by atoms with Crippen molar-refractivity contribution in [1.29, 1.82) is 0 Å². The highest BCUT2D eigenvalue weighted by molar-refractivity contribution is 5.51. The van der Waals surface area contributed by atoms with E-state index in [-0.39, 0.29) is 0 Å². The van der Waals surface area contributed by atoms with Crippen LogP contribution in [0, 0.1) is 343 Å². The molecule has 0 amide bonds. The Hall–Kier alpha value is -12.8. The zero-order valence-electron chi connectivity index (χ0n) is 35.9. The lowest BCUT2D eigenvalue weighted by molar-refractivity contribution is 0.373. The van der Waals surface area contributed by atoms with Gasteiger partial charge in [-0.1, -0.05) is 25.7 Å². The van der Waals surface area contributed by atoms with Gasteiger partial charge in [0.1, 0.15) is 0 Å². The van der Waals surface area contributed by atoms with Gasteiger partial charge in [0.05, 0.1) is 0 Å². The summed E-state index contributed by atoms with van der Waals surface area (Å²) in [4.78, 5) is 2.25. The third-order valence-electron chi connectivity index (χ3n) is 4.77. The van der Waals surface area contributed by atoms with Gasteiger partial charge in [0.25, 0.3) is 0 Å². The van der Waals surface area contributed by atoms with E-state index in [0.717, 1.165) is 13.1 Å². The Kier molecular flexibility index (Phi) is 45.5. The van der Waals surface area contributed by atoms with Gasteiger partial charge < -0.3 is 4.90 Å². The quantitative estimate of drug-likeness (QED) is 0.387. The van der Waals surface area contributed by atoms with Crippen molar-refractivity contribution >= 4 is 0 Å². The summed E-state index contributed by atoms with van der Waals surface area (Å²) in [6, 6.07) is 0. The third-order valence-corrected chi connectivity index (χ3v) is 4.77. The van der Waals surface area contributed by atoms with Gasteiger partial charge in [0.15, 0.2) is 0 Å². The van der Waals surface area contributed by atoms with E-state index >= 15 is 0 Å². The smallest absolute Gasteiger partial charge is 0 e. The molecule has 0 atom stereocenters. The number of hydrogen-bond donors (Lipinski definition) is 0. The topological polar surface area (TPSA) is 3.24 Å². The molecule has 0 radical (unpaired) electrons. The molecule has 0 rings (SSSR count). The van der Waals surface area contributed by atoms with E-state index < -0.39 is 0 Å². The van der Waals surface area contributed by atoms with Crippen molar-refractivity contribution in [3.63, 3.8) is 0 Å². The van der Waals surface area contributed by atoms with Crippen molar-refractivity contribution in [2.75, 3.05) is 20.1 Å². The zero-order chi connectivity index (χ0) is 48.0. The monoisotopic (exact) mass is 813 g/mol. The van der Waals surface area contributed by atoms with Gasteiger partial charge in [-0.05, 0) is 129 Å². The van der Waals surface area contributed by atoms with Gasteiger partial charge in [0.2, 0.25) is 0 Å². The highest BCUT2D eigenvalue weighted by atomic mass is 15.1. The highest BCUT2D eigenvalue weighted by Crippen LogP contribution is 1.74. The summed E-state index contributed by atoms with van der Waals surface area (Å²) in [5, 5.41) is 0. The largest absolute Gasteiger partial charge is 0.307 e. The van der Waals surface area contributed by atoms with E-state index in [1.165, 1.54) is 0 Å². The molecular formula is C65H19N. The average molecular weight is 814 g/mol. The van der Waals surface area contributed by atoms with E-state index in [1.807, 2.05) is 0 Å². The van der Waals surface area contributed by atoms with E-state index in [0.29, 0.717) is 0 Å². The summed E-state index contributed by atoms with van der Waals surface area (Å²) in [5.74, 6) is 146. The minimum absolute atomic E-state index is 1.16. The maximum Gasteiger partial charge on any atom is 0 e. The second kappa shape index (κ2) is 54.3. The normalized spacial score (nSPS) is 4.52. The molecule has 0 fully saturated rings. The van der Waals surface area contributed by atoms with Gasteiger partial charge >= 0.3 is 0 Å².